The fourth-order valence-electron chi connectivity index (χ4n) is 0.425. The molecule has 108 valence electrons. The van der Waals surface area contributed by atoms with Gasteiger partial charge in [-0.05, 0) is 19.8 Å². The second-order valence-corrected chi connectivity index (χ2v) is 6.50. The quantitative estimate of drug-likeness (QED) is 0.260. The summed E-state index contributed by atoms with van der Waals surface area (Å²) in [6, 6.07) is 0. The van der Waals surface area contributed by atoms with Gasteiger partial charge < -0.3 is 19.0 Å². The van der Waals surface area contributed by atoms with E-state index in [0.29, 0.717) is 10.5 Å². The monoisotopic (exact) mass is 302 g/mol. The molecule has 6 nitrogen and oxygen atoms in total. The highest BCUT2D eigenvalue weighted by Gasteiger charge is 1.79. The first kappa shape index (κ1) is 25.7. The van der Waals surface area contributed by atoms with Crippen LogP contribution in [0, 0.1) is 0 Å². The lowest BCUT2D eigenvalue weighted by atomic mass is 10.3. The number of hydroxylamine groups is 1. The molecule has 0 radical (unpaired) electrons. The summed E-state index contributed by atoms with van der Waals surface area (Å²) in [5.74, 6) is 0. The fourth-order valence-corrected chi connectivity index (χ4v) is 0.736. The van der Waals surface area contributed by atoms with Crippen molar-refractivity contribution in [2.45, 2.75) is 33.6 Å². The molecule has 0 aromatic carbocycles. The normalized spacial score (nSPS) is 9.53. The largest absolute Gasteiger partial charge is 0.471 e. The molecule has 0 rings (SSSR count). The van der Waals surface area contributed by atoms with Crippen molar-refractivity contribution in [1.82, 2.24) is 5.48 Å². The van der Waals surface area contributed by atoms with Crippen LogP contribution in [0.4, 0.5) is 0 Å². The minimum Gasteiger partial charge on any atom is -0.471 e. The van der Waals surface area contributed by atoms with E-state index in [4.69, 9.17) is 0 Å². The van der Waals surface area contributed by atoms with Gasteiger partial charge in [0.25, 0.3) is 0 Å². The summed E-state index contributed by atoms with van der Waals surface area (Å²) in [5.41, 5.74) is 3.76. The highest BCUT2D eigenvalue weighted by atomic mass is 28.3. The molecule has 0 spiro atoms. The lowest BCUT2D eigenvalue weighted by Gasteiger charge is -1.93. The van der Waals surface area contributed by atoms with Gasteiger partial charge in [0.05, 0.1) is 12.8 Å². The van der Waals surface area contributed by atoms with Crippen LogP contribution in [-0.4, -0.2) is 56.3 Å². The second-order valence-electron chi connectivity index (χ2n) is 2.87. The number of hydrogen-bond acceptors (Lipinski definition) is 5. The maximum atomic E-state index is 4.62. The van der Waals surface area contributed by atoms with Crippen molar-refractivity contribution in [3.8, 4) is 0 Å². The van der Waals surface area contributed by atoms with Crippen LogP contribution in [0.15, 0.2) is 5.16 Å². The average molecular weight is 303 g/mol. The van der Waals surface area contributed by atoms with Gasteiger partial charge in [-0.3, -0.25) is 0 Å². The standard InChI is InChI=1S/C4H11NOSi.C4H11NO.H6OSi2.H2O/c1-3-4(2)5-6-7;1-3-4-5-6-2;2-1-3;/h3H2,1-2,7H3;5H,3-4H2,1-2H3;2-3H3;1H2/b5-4+;;;. The molecule has 17 heavy (non-hydrogen) atoms. The summed E-state index contributed by atoms with van der Waals surface area (Å²) < 4.78 is 9.15. The Morgan fingerprint density at radius 3 is 1.82 bits per heavy atom. The third-order valence-corrected chi connectivity index (χ3v) is 1.44. The van der Waals surface area contributed by atoms with E-state index < -0.39 is 0 Å². The molecular formula is C8H30N2O4Si3. The van der Waals surface area contributed by atoms with Crippen molar-refractivity contribution in [1.29, 1.82) is 0 Å². The first-order valence-electron chi connectivity index (χ1n) is 5.36. The highest BCUT2D eigenvalue weighted by Crippen LogP contribution is 1.81. The maximum absolute atomic E-state index is 4.62. The predicted octanol–water partition coefficient (Wildman–Crippen LogP) is -2.64. The van der Waals surface area contributed by atoms with Crippen molar-refractivity contribution < 1.29 is 19.0 Å². The molecule has 0 heterocycles. The van der Waals surface area contributed by atoms with Crippen molar-refractivity contribution in [3.05, 3.63) is 0 Å². The lowest BCUT2D eigenvalue weighted by molar-refractivity contribution is 0.0920. The Morgan fingerprint density at radius 1 is 1.24 bits per heavy atom. The van der Waals surface area contributed by atoms with E-state index in [9.17, 15) is 0 Å². The van der Waals surface area contributed by atoms with Gasteiger partial charge in [-0.2, -0.15) is 0 Å². The van der Waals surface area contributed by atoms with Crippen molar-refractivity contribution in [2.24, 2.45) is 5.16 Å². The Kier molecular flexibility index (Phi) is 45.0. The third kappa shape index (κ3) is 49.1. The van der Waals surface area contributed by atoms with Gasteiger partial charge in [-0.25, -0.2) is 5.48 Å². The summed E-state index contributed by atoms with van der Waals surface area (Å²) in [7, 11) is 4.19. The highest BCUT2D eigenvalue weighted by molar-refractivity contribution is 6.15. The number of nitrogens with one attached hydrogen (secondary N) is 1. The van der Waals surface area contributed by atoms with Crippen LogP contribution in [0.2, 0.25) is 0 Å². The lowest BCUT2D eigenvalue weighted by Crippen LogP contribution is -2.11. The molecule has 0 unspecified atom stereocenters. The molecule has 3 N–H and O–H groups in total. The minimum atomic E-state index is 0. The van der Waals surface area contributed by atoms with E-state index >= 15 is 0 Å². The van der Waals surface area contributed by atoms with Gasteiger partial charge in [-0.1, -0.05) is 13.8 Å². The van der Waals surface area contributed by atoms with Crippen LogP contribution in [0.25, 0.3) is 0 Å². The zero-order valence-corrected chi connectivity index (χ0v) is 18.3. The van der Waals surface area contributed by atoms with E-state index in [1.54, 1.807) is 7.11 Å². The molecule has 0 aromatic rings. The predicted molar refractivity (Wildman–Crippen MR) is 84.3 cm³/mol. The van der Waals surface area contributed by atoms with Gasteiger partial charge in [-0.15, -0.1) is 5.16 Å². The number of oxime groups is 1. The van der Waals surface area contributed by atoms with E-state index in [2.05, 4.69) is 38.0 Å². The molecule has 0 fully saturated rings. The topological polar surface area (TPSA) is 83.6 Å². The average Bonchev–Trinajstić information content (AvgIpc) is 2.28. The summed E-state index contributed by atoms with van der Waals surface area (Å²) >= 11 is 0. The molecule has 0 aliphatic heterocycles. The van der Waals surface area contributed by atoms with Gasteiger partial charge in [0, 0.05) is 6.54 Å². The molecule has 9 heteroatoms. The first-order valence-corrected chi connectivity index (χ1v) is 7.81. The van der Waals surface area contributed by atoms with Crippen LogP contribution >= 0.6 is 0 Å². The molecule has 0 aliphatic carbocycles. The molecule has 0 saturated carbocycles. The van der Waals surface area contributed by atoms with E-state index in [-0.39, 0.29) is 5.48 Å². The van der Waals surface area contributed by atoms with Crippen molar-refractivity contribution in [3.63, 3.8) is 0 Å². The van der Waals surface area contributed by atoms with Crippen LogP contribution in [0.3, 0.4) is 0 Å². The fraction of sp³-hybridized carbons (Fsp3) is 0.875. The Balaban J connectivity index is -0.0000000778. The summed E-state index contributed by atoms with van der Waals surface area (Å²) in [5, 5.41) is 3.72. The molecule has 0 bridgehead atoms. The second kappa shape index (κ2) is 29.7. The summed E-state index contributed by atoms with van der Waals surface area (Å²) in [6.45, 7) is 7.04. The molecular weight excluding hydrogens is 272 g/mol. The zero-order valence-electron chi connectivity index (χ0n) is 12.3. The molecule has 0 saturated heterocycles. The van der Waals surface area contributed by atoms with E-state index in [1.165, 1.54) is 0 Å². The van der Waals surface area contributed by atoms with E-state index in [1.807, 2.05) is 6.92 Å². The third-order valence-electron chi connectivity index (χ3n) is 1.26. The zero-order chi connectivity index (χ0) is 13.2. The summed E-state index contributed by atoms with van der Waals surface area (Å²) in [6.07, 6.45) is 2.11. The number of rotatable bonds is 5. The molecule has 0 aromatic heterocycles. The van der Waals surface area contributed by atoms with Crippen LogP contribution in [0.1, 0.15) is 33.6 Å². The Hall–Kier alpha value is -0.0394. The molecule has 0 amide bonds. The molecule has 0 atom stereocenters. The van der Waals surface area contributed by atoms with Gasteiger partial charge in [0.2, 0.25) is 10.5 Å². The van der Waals surface area contributed by atoms with Crippen molar-refractivity contribution in [2.75, 3.05) is 13.7 Å². The maximum Gasteiger partial charge on any atom is 0.242 e. The van der Waals surface area contributed by atoms with Gasteiger partial charge >= 0.3 is 0 Å². The minimum absolute atomic E-state index is 0. The van der Waals surface area contributed by atoms with Gasteiger partial charge in [0.1, 0.15) is 21.0 Å². The molecule has 0 aliphatic rings. The van der Waals surface area contributed by atoms with Crippen LogP contribution < -0.4 is 5.48 Å². The Labute approximate surface area is 114 Å². The summed E-state index contributed by atoms with van der Waals surface area (Å²) in [4.78, 5) is 4.53. The smallest absolute Gasteiger partial charge is 0.242 e. The first-order chi connectivity index (χ1) is 7.64. The Morgan fingerprint density at radius 2 is 1.71 bits per heavy atom. The number of hydrogen-bond donors (Lipinski definition) is 1. The number of nitrogens with zero attached hydrogens (tertiary/aromatic N) is 1. The van der Waals surface area contributed by atoms with Gasteiger partial charge in [0.15, 0.2) is 0 Å². The van der Waals surface area contributed by atoms with Crippen LogP contribution in [-0.2, 0) is 13.5 Å². The van der Waals surface area contributed by atoms with E-state index in [0.717, 1.165) is 46.1 Å². The van der Waals surface area contributed by atoms with Crippen molar-refractivity contribution >= 4 is 37.2 Å². The SMILES string of the molecule is CC/C(C)=N/O[SiH3].CCCNOC.O.[SiH3]O[SiH3]. The Bertz CT molecular complexity index is 138. The van der Waals surface area contributed by atoms with Crippen LogP contribution in [0.5, 0.6) is 0 Å².